The van der Waals surface area contributed by atoms with E-state index in [1.807, 2.05) is 0 Å². The largest absolute Gasteiger partial charge is 0.356 e. The molecule has 4 nitrogen and oxygen atoms in total. The van der Waals surface area contributed by atoms with Gasteiger partial charge in [0.1, 0.15) is 0 Å². The topological polar surface area (TPSA) is 58.4 Å². The predicted octanol–water partition coefficient (Wildman–Crippen LogP) is 1.35. The Morgan fingerprint density at radius 1 is 1.22 bits per heavy atom. The van der Waals surface area contributed by atoms with E-state index in [-0.39, 0.29) is 11.8 Å². The number of nitrogens with two attached hydrogens (primary N) is 1. The monoisotopic (exact) mass is 255 g/mol. The highest BCUT2D eigenvalue weighted by molar-refractivity contribution is 5.78. The summed E-state index contributed by atoms with van der Waals surface area (Å²) < 4.78 is 0. The predicted molar refractivity (Wildman–Crippen MR) is 75.3 cm³/mol. The maximum Gasteiger partial charge on any atom is 0.223 e. The number of carbonyl (C=O) groups is 1. The second-order valence-corrected chi connectivity index (χ2v) is 5.28. The van der Waals surface area contributed by atoms with Crippen molar-refractivity contribution in [2.75, 3.05) is 26.2 Å². The van der Waals surface area contributed by atoms with Gasteiger partial charge >= 0.3 is 0 Å². The number of hydrogen-bond donors (Lipinski definition) is 2. The van der Waals surface area contributed by atoms with E-state index < -0.39 is 0 Å². The van der Waals surface area contributed by atoms with E-state index in [2.05, 4.69) is 24.1 Å². The molecule has 0 bridgehead atoms. The molecule has 0 aromatic carbocycles. The lowest BCUT2D eigenvalue weighted by Gasteiger charge is -2.25. The average molecular weight is 255 g/mol. The quantitative estimate of drug-likeness (QED) is 0.675. The normalized spacial score (nSPS) is 24.2. The smallest absolute Gasteiger partial charge is 0.223 e. The first-order valence-corrected chi connectivity index (χ1v) is 7.43. The summed E-state index contributed by atoms with van der Waals surface area (Å²) in [6.07, 6.45) is 4.96. The van der Waals surface area contributed by atoms with Crippen LogP contribution in [0.1, 0.15) is 46.0 Å². The molecule has 1 saturated carbocycles. The molecule has 0 radical (unpaired) electrons. The summed E-state index contributed by atoms with van der Waals surface area (Å²) in [5, 5.41) is 3.06. The summed E-state index contributed by atoms with van der Waals surface area (Å²) in [6, 6.07) is 0.316. The summed E-state index contributed by atoms with van der Waals surface area (Å²) in [5.41, 5.74) is 5.85. The van der Waals surface area contributed by atoms with Crippen LogP contribution in [0.3, 0.4) is 0 Å². The maximum atomic E-state index is 11.9. The lowest BCUT2D eigenvalue weighted by Crippen LogP contribution is -2.37. The third kappa shape index (κ3) is 5.36. The van der Waals surface area contributed by atoms with Gasteiger partial charge in [0, 0.05) is 18.5 Å². The highest BCUT2D eigenvalue weighted by Gasteiger charge is 2.23. The van der Waals surface area contributed by atoms with E-state index in [9.17, 15) is 4.79 Å². The third-order valence-corrected chi connectivity index (χ3v) is 3.99. The Bertz CT molecular complexity index is 233. The molecule has 1 aliphatic rings. The van der Waals surface area contributed by atoms with Gasteiger partial charge in [0.25, 0.3) is 0 Å². The average Bonchev–Trinajstić information content (AvgIpc) is 2.39. The van der Waals surface area contributed by atoms with Crippen molar-refractivity contribution < 1.29 is 4.79 Å². The summed E-state index contributed by atoms with van der Waals surface area (Å²) in [5.74, 6) is 0.444. The van der Waals surface area contributed by atoms with Gasteiger partial charge < -0.3 is 16.0 Å². The molecule has 0 spiro atoms. The van der Waals surface area contributed by atoms with Crippen molar-refractivity contribution in [2.45, 2.75) is 52.0 Å². The minimum atomic E-state index is 0.207. The van der Waals surface area contributed by atoms with E-state index in [1.54, 1.807) is 0 Å². The van der Waals surface area contributed by atoms with E-state index in [4.69, 9.17) is 5.73 Å². The van der Waals surface area contributed by atoms with Crippen LogP contribution in [0.15, 0.2) is 0 Å². The van der Waals surface area contributed by atoms with E-state index >= 15 is 0 Å². The maximum absolute atomic E-state index is 11.9. The minimum absolute atomic E-state index is 0.207. The van der Waals surface area contributed by atoms with Crippen molar-refractivity contribution in [3.05, 3.63) is 0 Å². The fraction of sp³-hybridized carbons (Fsp3) is 0.929. The Labute approximate surface area is 111 Å². The summed E-state index contributed by atoms with van der Waals surface area (Å²) >= 11 is 0. The van der Waals surface area contributed by atoms with Crippen molar-refractivity contribution in [1.82, 2.24) is 10.2 Å². The molecule has 4 heteroatoms. The number of rotatable bonds is 7. The molecule has 1 amide bonds. The molecule has 0 atom stereocenters. The molecule has 106 valence electrons. The van der Waals surface area contributed by atoms with Crippen LogP contribution in [0.4, 0.5) is 0 Å². The molecule has 3 N–H and O–H groups in total. The number of nitrogens with one attached hydrogen (secondary N) is 1. The van der Waals surface area contributed by atoms with E-state index in [0.29, 0.717) is 6.04 Å². The molecule has 0 aliphatic heterocycles. The number of carbonyl (C=O) groups excluding carboxylic acids is 1. The second-order valence-electron chi connectivity index (χ2n) is 5.28. The zero-order valence-electron chi connectivity index (χ0n) is 12.0. The molecule has 1 fully saturated rings. The van der Waals surface area contributed by atoms with Crippen LogP contribution in [0.5, 0.6) is 0 Å². The first kappa shape index (κ1) is 15.4. The van der Waals surface area contributed by atoms with E-state index in [0.717, 1.165) is 58.3 Å². The second kappa shape index (κ2) is 8.48. The van der Waals surface area contributed by atoms with Crippen molar-refractivity contribution in [3.63, 3.8) is 0 Å². The van der Waals surface area contributed by atoms with Crippen LogP contribution in [-0.4, -0.2) is 43.0 Å². The molecule has 0 saturated heterocycles. The number of amides is 1. The van der Waals surface area contributed by atoms with Crippen molar-refractivity contribution >= 4 is 5.91 Å². The van der Waals surface area contributed by atoms with Crippen LogP contribution >= 0.6 is 0 Å². The fourth-order valence-corrected chi connectivity index (χ4v) is 2.58. The van der Waals surface area contributed by atoms with Gasteiger partial charge in [-0.05, 0) is 51.7 Å². The van der Waals surface area contributed by atoms with Crippen LogP contribution in [0, 0.1) is 5.92 Å². The van der Waals surface area contributed by atoms with Crippen LogP contribution in [0.2, 0.25) is 0 Å². The van der Waals surface area contributed by atoms with Crippen LogP contribution in [-0.2, 0) is 4.79 Å². The number of nitrogens with zero attached hydrogens (tertiary/aromatic N) is 1. The summed E-state index contributed by atoms with van der Waals surface area (Å²) in [6.45, 7) is 8.40. The molecular weight excluding hydrogens is 226 g/mol. The Morgan fingerprint density at radius 2 is 1.83 bits per heavy atom. The lowest BCUT2D eigenvalue weighted by atomic mass is 9.86. The van der Waals surface area contributed by atoms with Crippen LogP contribution < -0.4 is 11.1 Å². The highest BCUT2D eigenvalue weighted by atomic mass is 16.1. The Kier molecular flexibility index (Phi) is 7.28. The number of hydrogen-bond acceptors (Lipinski definition) is 3. The Morgan fingerprint density at radius 3 is 2.39 bits per heavy atom. The van der Waals surface area contributed by atoms with Gasteiger partial charge in [-0.1, -0.05) is 13.8 Å². The van der Waals surface area contributed by atoms with Crippen LogP contribution in [0.25, 0.3) is 0 Å². The summed E-state index contributed by atoms with van der Waals surface area (Å²) in [7, 11) is 0. The molecular formula is C14H29N3O. The van der Waals surface area contributed by atoms with Crippen molar-refractivity contribution in [1.29, 1.82) is 0 Å². The molecule has 0 unspecified atom stereocenters. The molecule has 1 rings (SSSR count). The highest BCUT2D eigenvalue weighted by Crippen LogP contribution is 2.22. The first-order valence-electron chi connectivity index (χ1n) is 7.43. The molecule has 0 aromatic heterocycles. The summed E-state index contributed by atoms with van der Waals surface area (Å²) in [4.78, 5) is 14.3. The first-order chi connectivity index (χ1) is 8.67. The van der Waals surface area contributed by atoms with Gasteiger partial charge in [0.05, 0.1) is 0 Å². The standard InChI is InChI=1S/C14H29N3O/c1-3-17(4-2)11-5-10-16-14(18)12-6-8-13(15)9-7-12/h12-13H,3-11,15H2,1-2H3,(H,16,18). The SMILES string of the molecule is CCN(CC)CCCNC(=O)C1CCC(N)CC1. The van der Waals surface area contributed by atoms with Gasteiger partial charge in [-0.15, -0.1) is 0 Å². The van der Waals surface area contributed by atoms with Crippen molar-refractivity contribution in [2.24, 2.45) is 11.7 Å². The van der Waals surface area contributed by atoms with E-state index in [1.165, 1.54) is 0 Å². The Hall–Kier alpha value is -0.610. The van der Waals surface area contributed by atoms with Gasteiger partial charge in [0.15, 0.2) is 0 Å². The van der Waals surface area contributed by atoms with Crippen molar-refractivity contribution in [3.8, 4) is 0 Å². The zero-order valence-corrected chi connectivity index (χ0v) is 12.0. The van der Waals surface area contributed by atoms with Gasteiger partial charge in [-0.3, -0.25) is 4.79 Å². The fourth-order valence-electron chi connectivity index (χ4n) is 2.58. The molecule has 0 aromatic rings. The third-order valence-electron chi connectivity index (χ3n) is 3.99. The molecule has 0 heterocycles. The molecule has 18 heavy (non-hydrogen) atoms. The lowest BCUT2D eigenvalue weighted by molar-refractivity contribution is -0.126. The zero-order chi connectivity index (χ0) is 13.4. The van der Waals surface area contributed by atoms with Gasteiger partial charge in [0.2, 0.25) is 5.91 Å². The minimum Gasteiger partial charge on any atom is -0.356 e. The van der Waals surface area contributed by atoms with Gasteiger partial charge in [-0.2, -0.15) is 0 Å². The Balaban J connectivity index is 2.10. The van der Waals surface area contributed by atoms with Gasteiger partial charge in [-0.25, -0.2) is 0 Å². The molecule has 1 aliphatic carbocycles.